The molecule has 0 atom stereocenters. The number of tetrazole rings is 1. The van der Waals surface area contributed by atoms with Crippen LogP contribution in [0.15, 0.2) is 29.4 Å². The second-order valence-electron chi connectivity index (χ2n) is 5.87. The lowest BCUT2D eigenvalue weighted by atomic mass is 10.1. The molecule has 0 bridgehead atoms. The number of nitrogens with one attached hydrogen (secondary N) is 1. The number of esters is 1. The van der Waals surface area contributed by atoms with Gasteiger partial charge in [-0.3, -0.25) is 4.79 Å². The van der Waals surface area contributed by atoms with Crippen molar-refractivity contribution in [2.45, 2.75) is 25.9 Å². The molecular formula is C18H18FN5O3S2. The number of benzene rings is 1. The topological polar surface area (TPSA) is 99.0 Å². The number of hydrogen-bond donors (Lipinski definition) is 1. The van der Waals surface area contributed by atoms with Crippen LogP contribution in [-0.4, -0.2) is 44.4 Å². The van der Waals surface area contributed by atoms with Crippen molar-refractivity contribution in [1.82, 2.24) is 20.2 Å². The first-order valence-electron chi connectivity index (χ1n) is 8.65. The number of carbonyl (C=O) groups excluding carboxylic acids is 2. The molecule has 1 aromatic carbocycles. The van der Waals surface area contributed by atoms with Crippen molar-refractivity contribution in [2.75, 3.05) is 17.7 Å². The van der Waals surface area contributed by atoms with E-state index in [1.165, 1.54) is 22.1 Å². The number of aromatic nitrogens is 4. The number of hydrogen-bond acceptors (Lipinski definition) is 8. The van der Waals surface area contributed by atoms with E-state index >= 15 is 0 Å². The van der Waals surface area contributed by atoms with Crippen molar-refractivity contribution in [3.63, 3.8) is 0 Å². The van der Waals surface area contributed by atoms with Crippen LogP contribution in [0.4, 0.5) is 9.39 Å². The van der Waals surface area contributed by atoms with Crippen LogP contribution in [0, 0.1) is 19.7 Å². The highest BCUT2D eigenvalue weighted by molar-refractivity contribution is 7.99. The van der Waals surface area contributed by atoms with Crippen molar-refractivity contribution < 1.29 is 18.7 Å². The molecule has 0 saturated heterocycles. The summed E-state index contributed by atoms with van der Waals surface area (Å²) in [5.41, 5.74) is 1.33. The molecule has 0 unspecified atom stereocenters. The number of anilines is 1. The van der Waals surface area contributed by atoms with Gasteiger partial charge in [-0.1, -0.05) is 23.9 Å². The summed E-state index contributed by atoms with van der Waals surface area (Å²) in [6.45, 7) is 5.65. The molecule has 0 aliphatic rings. The highest BCUT2D eigenvalue weighted by Crippen LogP contribution is 2.33. The minimum atomic E-state index is -0.477. The van der Waals surface area contributed by atoms with E-state index in [-0.39, 0.29) is 29.1 Å². The molecule has 0 aliphatic carbocycles. The molecule has 3 rings (SSSR count). The SMILES string of the molecule is CCOC(=O)c1c(NC(=O)CSc2nnnn2-c2ccccc2F)sc(C)c1C. The molecule has 3 aromatic rings. The lowest BCUT2D eigenvalue weighted by Gasteiger charge is -2.07. The number of rotatable bonds is 7. The van der Waals surface area contributed by atoms with E-state index in [9.17, 15) is 14.0 Å². The number of thiophene rings is 1. The number of amides is 1. The Labute approximate surface area is 174 Å². The molecular weight excluding hydrogens is 417 g/mol. The number of halogens is 1. The molecule has 2 aromatic heterocycles. The zero-order valence-electron chi connectivity index (χ0n) is 15.9. The largest absolute Gasteiger partial charge is 0.462 e. The van der Waals surface area contributed by atoms with Crippen molar-refractivity contribution in [1.29, 1.82) is 0 Å². The van der Waals surface area contributed by atoms with Crippen LogP contribution >= 0.6 is 23.1 Å². The highest BCUT2D eigenvalue weighted by Gasteiger charge is 2.22. The monoisotopic (exact) mass is 435 g/mol. The predicted octanol–water partition coefficient (Wildman–Crippen LogP) is 3.39. The van der Waals surface area contributed by atoms with E-state index in [1.807, 2.05) is 13.8 Å². The third kappa shape index (κ3) is 4.62. The molecule has 0 fully saturated rings. The molecule has 11 heteroatoms. The zero-order chi connectivity index (χ0) is 21.0. The van der Waals surface area contributed by atoms with Gasteiger partial charge in [0.25, 0.3) is 0 Å². The van der Waals surface area contributed by atoms with Crippen LogP contribution in [0.2, 0.25) is 0 Å². The molecule has 8 nitrogen and oxygen atoms in total. The number of carbonyl (C=O) groups is 2. The summed E-state index contributed by atoms with van der Waals surface area (Å²) in [7, 11) is 0. The third-order valence-corrected chi connectivity index (χ3v) is 6.01. The van der Waals surface area contributed by atoms with E-state index in [4.69, 9.17) is 4.74 Å². The summed E-state index contributed by atoms with van der Waals surface area (Å²) in [5.74, 6) is -1.31. The molecule has 0 aliphatic heterocycles. The fraction of sp³-hybridized carbons (Fsp3) is 0.278. The van der Waals surface area contributed by atoms with Gasteiger partial charge < -0.3 is 10.1 Å². The van der Waals surface area contributed by atoms with Gasteiger partial charge in [-0.05, 0) is 48.9 Å². The van der Waals surface area contributed by atoms with E-state index in [1.54, 1.807) is 25.1 Å². The summed E-state index contributed by atoms with van der Waals surface area (Å²) in [6.07, 6.45) is 0. The fourth-order valence-electron chi connectivity index (χ4n) is 2.50. The van der Waals surface area contributed by atoms with Gasteiger partial charge >= 0.3 is 5.97 Å². The number of thioether (sulfide) groups is 1. The molecule has 2 heterocycles. The van der Waals surface area contributed by atoms with E-state index in [0.717, 1.165) is 22.2 Å². The second-order valence-corrected chi connectivity index (χ2v) is 8.04. The van der Waals surface area contributed by atoms with Gasteiger partial charge in [0.15, 0.2) is 0 Å². The van der Waals surface area contributed by atoms with E-state index < -0.39 is 11.8 Å². The maximum absolute atomic E-state index is 14.0. The first-order chi connectivity index (χ1) is 13.9. The van der Waals surface area contributed by atoms with Gasteiger partial charge in [0.2, 0.25) is 11.1 Å². The summed E-state index contributed by atoms with van der Waals surface area (Å²) in [5, 5.41) is 14.7. The Bertz CT molecular complexity index is 1050. The van der Waals surface area contributed by atoms with Crippen molar-refractivity contribution in [3.8, 4) is 5.69 Å². The first kappa shape index (κ1) is 20.9. The Kier molecular flexibility index (Phi) is 6.60. The van der Waals surface area contributed by atoms with Crippen molar-refractivity contribution in [2.24, 2.45) is 0 Å². The normalized spacial score (nSPS) is 10.8. The molecule has 0 radical (unpaired) electrons. The quantitative estimate of drug-likeness (QED) is 0.449. The summed E-state index contributed by atoms with van der Waals surface area (Å²) in [6, 6.07) is 6.07. The molecule has 152 valence electrons. The fourth-order valence-corrected chi connectivity index (χ4v) is 4.25. The summed E-state index contributed by atoms with van der Waals surface area (Å²) < 4.78 is 20.3. The predicted molar refractivity (Wildman–Crippen MR) is 108 cm³/mol. The minimum Gasteiger partial charge on any atom is -0.462 e. The van der Waals surface area contributed by atoms with Crippen LogP contribution in [0.5, 0.6) is 0 Å². The Hall–Kier alpha value is -2.79. The van der Waals surface area contributed by atoms with Crippen LogP contribution in [0.1, 0.15) is 27.7 Å². The minimum absolute atomic E-state index is 0.0207. The second kappa shape index (κ2) is 9.14. The lowest BCUT2D eigenvalue weighted by Crippen LogP contribution is -2.17. The highest BCUT2D eigenvalue weighted by atomic mass is 32.2. The van der Waals surface area contributed by atoms with Gasteiger partial charge in [-0.25, -0.2) is 9.18 Å². The molecule has 0 spiro atoms. The van der Waals surface area contributed by atoms with Gasteiger partial charge in [-0.15, -0.1) is 16.4 Å². The summed E-state index contributed by atoms with van der Waals surface area (Å²) in [4.78, 5) is 25.6. The first-order valence-corrected chi connectivity index (χ1v) is 10.5. The number of aryl methyl sites for hydroxylation is 1. The molecule has 29 heavy (non-hydrogen) atoms. The summed E-state index contributed by atoms with van der Waals surface area (Å²) >= 11 is 2.37. The Morgan fingerprint density at radius 1 is 1.31 bits per heavy atom. The molecule has 1 N–H and O–H groups in total. The van der Waals surface area contributed by atoms with E-state index in [0.29, 0.717) is 10.6 Å². The van der Waals surface area contributed by atoms with Gasteiger partial charge in [-0.2, -0.15) is 4.68 Å². The Balaban J connectivity index is 1.71. The average Bonchev–Trinajstić information content (AvgIpc) is 3.25. The van der Waals surface area contributed by atoms with Crippen LogP contribution in [-0.2, 0) is 9.53 Å². The van der Waals surface area contributed by atoms with Gasteiger partial charge in [0.05, 0.1) is 17.9 Å². The Morgan fingerprint density at radius 2 is 2.07 bits per heavy atom. The Morgan fingerprint density at radius 3 is 2.79 bits per heavy atom. The number of nitrogens with zero attached hydrogens (tertiary/aromatic N) is 4. The smallest absolute Gasteiger partial charge is 0.341 e. The maximum atomic E-state index is 14.0. The van der Waals surface area contributed by atoms with Crippen LogP contribution in [0.3, 0.4) is 0 Å². The molecule has 1 amide bonds. The van der Waals surface area contributed by atoms with Crippen LogP contribution in [0.25, 0.3) is 5.69 Å². The lowest BCUT2D eigenvalue weighted by molar-refractivity contribution is -0.113. The van der Waals surface area contributed by atoms with Crippen molar-refractivity contribution in [3.05, 3.63) is 46.1 Å². The number of para-hydroxylation sites is 1. The standard InChI is InChI=1S/C18H18FN5O3S2/c1-4-27-17(26)15-10(2)11(3)29-16(15)20-14(25)9-28-18-21-22-23-24(18)13-8-6-5-7-12(13)19/h5-8H,4,9H2,1-3H3,(H,20,25). The van der Waals surface area contributed by atoms with Crippen LogP contribution < -0.4 is 5.32 Å². The van der Waals surface area contributed by atoms with E-state index in [2.05, 4.69) is 20.8 Å². The van der Waals surface area contributed by atoms with Crippen molar-refractivity contribution >= 4 is 40.0 Å². The third-order valence-electron chi connectivity index (χ3n) is 3.97. The van der Waals surface area contributed by atoms with Gasteiger partial charge in [0, 0.05) is 4.88 Å². The van der Waals surface area contributed by atoms with Gasteiger partial charge in [0.1, 0.15) is 16.5 Å². The molecule has 0 saturated carbocycles. The maximum Gasteiger partial charge on any atom is 0.341 e. The average molecular weight is 436 g/mol. The zero-order valence-corrected chi connectivity index (χ0v) is 17.6. The number of ether oxygens (including phenoxy) is 1.